The maximum Gasteiger partial charge on any atom is 0.416 e. The molecule has 1 atom stereocenters. The number of alkyl halides is 3. The average Bonchev–Trinajstić information content (AvgIpc) is 3.30. The number of rotatable bonds is 4. The summed E-state index contributed by atoms with van der Waals surface area (Å²) < 4.78 is 50.1. The zero-order valence-corrected chi connectivity index (χ0v) is 12.7. The summed E-state index contributed by atoms with van der Waals surface area (Å²) in [5.41, 5.74) is -3.48. The lowest BCUT2D eigenvalue weighted by molar-refractivity contribution is -0.146. The molecule has 2 aromatic carbocycles. The second kappa shape index (κ2) is 5.68. The highest BCUT2D eigenvalue weighted by Crippen LogP contribution is 2.46. The van der Waals surface area contributed by atoms with Gasteiger partial charge in [0, 0.05) is 10.6 Å². The third-order valence-electron chi connectivity index (χ3n) is 3.56. The van der Waals surface area contributed by atoms with Crippen LogP contribution in [0.3, 0.4) is 0 Å². The number of ether oxygens (including phenoxy) is 2. The molecule has 1 aliphatic rings. The van der Waals surface area contributed by atoms with Crippen molar-refractivity contribution in [3.63, 3.8) is 0 Å². The van der Waals surface area contributed by atoms with Crippen molar-refractivity contribution in [2.75, 3.05) is 6.61 Å². The van der Waals surface area contributed by atoms with E-state index in [1.807, 2.05) is 0 Å². The highest BCUT2D eigenvalue weighted by Gasteiger charge is 2.57. The number of carboxylic acids is 1. The van der Waals surface area contributed by atoms with E-state index < -0.39 is 28.9 Å². The highest BCUT2D eigenvalue weighted by atomic mass is 35.5. The fourth-order valence-corrected chi connectivity index (χ4v) is 2.40. The number of carbonyl (C=O) groups is 1. The van der Waals surface area contributed by atoms with E-state index in [2.05, 4.69) is 0 Å². The summed E-state index contributed by atoms with van der Waals surface area (Å²) in [6.07, 6.45) is -4.75. The topological polar surface area (TPSA) is 59.1 Å². The number of hydrogen-bond donors (Lipinski definition) is 1. The lowest BCUT2D eigenvalue weighted by Gasteiger charge is -2.17. The minimum atomic E-state index is -4.75. The number of epoxide rings is 1. The van der Waals surface area contributed by atoms with Gasteiger partial charge in [0.1, 0.15) is 11.5 Å². The average molecular weight is 359 g/mol. The maximum atomic E-state index is 13.3. The molecule has 2 aromatic rings. The van der Waals surface area contributed by atoms with Gasteiger partial charge in [-0.05, 0) is 36.4 Å². The Morgan fingerprint density at radius 3 is 2.25 bits per heavy atom. The lowest BCUT2D eigenvalue weighted by Crippen LogP contribution is -2.25. The molecule has 8 heteroatoms. The van der Waals surface area contributed by atoms with Crippen molar-refractivity contribution in [2.24, 2.45) is 0 Å². The van der Waals surface area contributed by atoms with Crippen molar-refractivity contribution in [2.45, 2.75) is 11.8 Å². The van der Waals surface area contributed by atoms with Crippen LogP contribution in [0.4, 0.5) is 13.2 Å². The smallest absolute Gasteiger partial charge is 0.416 e. The van der Waals surface area contributed by atoms with E-state index in [1.54, 1.807) is 0 Å². The fourth-order valence-electron chi connectivity index (χ4n) is 2.28. The van der Waals surface area contributed by atoms with Gasteiger partial charge in [0.25, 0.3) is 0 Å². The Morgan fingerprint density at radius 1 is 1.17 bits per heavy atom. The summed E-state index contributed by atoms with van der Waals surface area (Å²) in [4.78, 5) is 11.2. The van der Waals surface area contributed by atoms with Crippen molar-refractivity contribution in [3.05, 3.63) is 58.6 Å². The molecule has 0 radical (unpaired) electrons. The quantitative estimate of drug-likeness (QED) is 0.820. The molecule has 0 amide bonds. The first-order chi connectivity index (χ1) is 11.2. The molecule has 1 saturated heterocycles. The van der Waals surface area contributed by atoms with E-state index in [4.69, 9.17) is 26.2 Å². The Kier molecular flexibility index (Phi) is 3.93. The van der Waals surface area contributed by atoms with Gasteiger partial charge in [0.2, 0.25) is 5.60 Å². The molecule has 1 N–H and O–H groups in total. The van der Waals surface area contributed by atoms with Gasteiger partial charge in [-0.2, -0.15) is 13.2 Å². The zero-order valence-electron chi connectivity index (χ0n) is 11.9. The van der Waals surface area contributed by atoms with Gasteiger partial charge in [-0.15, -0.1) is 0 Å². The van der Waals surface area contributed by atoms with Gasteiger partial charge < -0.3 is 14.6 Å². The second-order valence-electron chi connectivity index (χ2n) is 5.18. The molecular weight excluding hydrogens is 349 g/mol. The molecule has 0 saturated carbocycles. The van der Waals surface area contributed by atoms with Crippen molar-refractivity contribution in [3.8, 4) is 11.5 Å². The largest absolute Gasteiger partial charge is 0.479 e. The van der Waals surface area contributed by atoms with Crippen LogP contribution in [0.5, 0.6) is 11.5 Å². The van der Waals surface area contributed by atoms with Gasteiger partial charge in [-0.3, -0.25) is 0 Å². The Balaban J connectivity index is 1.99. The Labute approximate surface area is 139 Å². The molecule has 4 nitrogen and oxygen atoms in total. The van der Waals surface area contributed by atoms with Crippen molar-refractivity contribution in [1.82, 2.24) is 0 Å². The first kappa shape index (κ1) is 16.6. The maximum absolute atomic E-state index is 13.3. The van der Waals surface area contributed by atoms with Crippen LogP contribution in [0.25, 0.3) is 0 Å². The summed E-state index contributed by atoms with van der Waals surface area (Å²) in [5, 5.41) is 9.60. The van der Waals surface area contributed by atoms with Gasteiger partial charge in [0.05, 0.1) is 12.2 Å². The van der Waals surface area contributed by atoms with Crippen LogP contribution in [-0.4, -0.2) is 17.7 Å². The third kappa shape index (κ3) is 3.05. The summed E-state index contributed by atoms with van der Waals surface area (Å²) in [7, 11) is 0. The fraction of sp³-hybridized carbons (Fsp3) is 0.188. The minimum Gasteiger partial charge on any atom is -0.479 e. The normalized spacial score (nSPS) is 19.8. The van der Waals surface area contributed by atoms with E-state index in [-0.39, 0.29) is 12.4 Å². The standard InChI is InChI=1S/C16H10ClF3O4/c17-9-1-3-10(4-2-9)24-11-5-6-12(13(7-11)16(18,19)20)15(8-23-15)14(21)22/h1-7H,8H2,(H,21,22). The third-order valence-corrected chi connectivity index (χ3v) is 3.81. The van der Waals surface area contributed by atoms with Crippen molar-refractivity contribution >= 4 is 17.6 Å². The molecule has 1 fully saturated rings. The van der Waals surface area contributed by atoms with Gasteiger partial charge in [-0.1, -0.05) is 17.7 Å². The predicted molar refractivity (Wildman–Crippen MR) is 78.2 cm³/mol. The summed E-state index contributed by atoms with van der Waals surface area (Å²) in [6, 6.07) is 9.18. The monoisotopic (exact) mass is 358 g/mol. The number of carboxylic acid groups (broad SMARTS) is 1. The zero-order chi connectivity index (χ0) is 17.5. The van der Waals surface area contributed by atoms with Gasteiger partial charge in [0.15, 0.2) is 0 Å². The second-order valence-corrected chi connectivity index (χ2v) is 5.62. The molecule has 3 rings (SSSR count). The summed E-state index contributed by atoms with van der Waals surface area (Å²) in [6.45, 7) is -0.303. The van der Waals surface area contributed by atoms with Crippen LogP contribution in [-0.2, 0) is 21.3 Å². The predicted octanol–water partition coefficient (Wildman–Crippen LogP) is 4.46. The Hall–Kier alpha value is -2.25. The summed E-state index contributed by atoms with van der Waals surface area (Å²) >= 11 is 5.73. The van der Waals surface area contributed by atoms with Crippen LogP contribution >= 0.6 is 11.6 Å². The molecule has 126 valence electrons. The molecule has 1 unspecified atom stereocenters. The molecule has 1 heterocycles. The van der Waals surface area contributed by atoms with Crippen molar-refractivity contribution in [1.29, 1.82) is 0 Å². The van der Waals surface area contributed by atoms with Gasteiger partial charge >= 0.3 is 12.1 Å². The molecule has 1 aliphatic heterocycles. The minimum absolute atomic E-state index is 0.0745. The van der Waals surface area contributed by atoms with Crippen LogP contribution < -0.4 is 4.74 Å². The van der Waals surface area contributed by atoms with Crippen LogP contribution in [0.15, 0.2) is 42.5 Å². The van der Waals surface area contributed by atoms with E-state index in [0.29, 0.717) is 10.8 Å². The lowest BCUT2D eigenvalue weighted by atomic mass is 9.94. The van der Waals surface area contributed by atoms with Crippen LogP contribution in [0.1, 0.15) is 11.1 Å². The van der Waals surface area contributed by atoms with Crippen LogP contribution in [0, 0.1) is 0 Å². The van der Waals surface area contributed by atoms with E-state index in [1.165, 1.54) is 30.3 Å². The Morgan fingerprint density at radius 2 is 1.75 bits per heavy atom. The molecule has 0 aromatic heterocycles. The van der Waals surface area contributed by atoms with E-state index >= 15 is 0 Å². The number of benzene rings is 2. The van der Waals surface area contributed by atoms with Gasteiger partial charge in [-0.25, -0.2) is 4.79 Å². The number of aliphatic carboxylic acids is 1. The first-order valence-electron chi connectivity index (χ1n) is 6.75. The number of hydrogen-bond acceptors (Lipinski definition) is 3. The molecule has 24 heavy (non-hydrogen) atoms. The van der Waals surface area contributed by atoms with E-state index in [9.17, 15) is 18.0 Å². The molecular formula is C16H10ClF3O4. The van der Waals surface area contributed by atoms with Crippen molar-refractivity contribution < 1.29 is 32.5 Å². The Bertz CT molecular complexity index is 783. The first-order valence-corrected chi connectivity index (χ1v) is 7.13. The summed E-state index contributed by atoms with van der Waals surface area (Å²) in [5.74, 6) is -1.23. The van der Waals surface area contributed by atoms with E-state index in [0.717, 1.165) is 12.1 Å². The molecule has 0 bridgehead atoms. The molecule has 0 aliphatic carbocycles. The SMILES string of the molecule is O=C(O)C1(c2ccc(Oc3ccc(Cl)cc3)cc2C(F)(F)F)CO1. The number of halogens is 4. The van der Waals surface area contributed by atoms with Crippen LogP contribution in [0.2, 0.25) is 5.02 Å². The highest BCUT2D eigenvalue weighted by molar-refractivity contribution is 6.30. The molecule has 0 spiro atoms.